The summed E-state index contributed by atoms with van der Waals surface area (Å²) in [4.78, 5) is 4.86. The molecule has 0 heterocycles. The normalized spacial score (nSPS) is 14.8. The fraction of sp³-hybridized carbons (Fsp3) is 0.708. The highest BCUT2D eigenvalue weighted by molar-refractivity contribution is 5.86. The van der Waals surface area contributed by atoms with Crippen molar-refractivity contribution < 1.29 is 4.74 Å². The van der Waals surface area contributed by atoms with E-state index in [2.05, 4.69) is 80.7 Å². The predicted molar refractivity (Wildman–Crippen MR) is 116 cm³/mol. The maximum atomic E-state index is 6.48. The number of nitrogens with zero attached hydrogens (tertiary/aromatic N) is 1. The van der Waals surface area contributed by atoms with E-state index in [9.17, 15) is 0 Å². The molecule has 0 N–H and O–H groups in total. The van der Waals surface area contributed by atoms with Gasteiger partial charge in [-0.25, -0.2) is 0 Å². The Morgan fingerprint density at radius 1 is 1.08 bits per heavy atom. The molecule has 2 heteroatoms. The van der Waals surface area contributed by atoms with Crippen LogP contribution in [0.4, 0.5) is 0 Å². The van der Waals surface area contributed by atoms with E-state index in [1.807, 2.05) is 0 Å². The molecule has 0 saturated heterocycles. The first-order valence-corrected chi connectivity index (χ1v) is 10.4. The van der Waals surface area contributed by atoms with E-state index in [0.29, 0.717) is 12.0 Å². The van der Waals surface area contributed by atoms with Crippen LogP contribution in [-0.2, 0) is 5.41 Å². The second kappa shape index (κ2) is 10.1. The van der Waals surface area contributed by atoms with E-state index in [4.69, 9.17) is 9.73 Å². The summed E-state index contributed by atoms with van der Waals surface area (Å²) in [6.07, 6.45) is 7.19. The smallest absolute Gasteiger partial charge is 0.132 e. The van der Waals surface area contributed by atoms with Gasteiger partial charge in [-0.2, -0.15) is 0 Å². The zero-order valence-corrected chi connectivity index (χ0v) is 18.6. The van der Waals surface area contributed by atoms with Gasteiger partial charge in [-0.05, 0) is 44.1 Å². The van der Waals surface area contributed by atoms with Crippen molar-refractivity contribution >= 4 is 6.21 Å². The van der Waals surface area contributed by atoms with E-state index in [1.165, 1.54) is 30.4 Å². The molecule has 0 amide bonds. The van der Waals surface area contributed by atoms with Crippen molar-refractivity contribution in [1.82, 2.24) is 0 Å². The molecule has 0 fully saturated rings. The molecule has 1 aromatic rings. The molecule has 2 unspecified atom stereocenters. The van der Waals surface area contributed by atoms with Crippen LogP contribution in [0.25, 0.3) is 0 Å². The molecule has 2 nitrogen and oxygen atoms in total. The Labute approximate surface area is 162 Å². The van der Waals surface area contributed by atoms with Crippen molar-refractivity contribution in [3.8, 4) is 5.75 Å². The molecule has 0 saturated carbocycles. The zero-order chi connectivity index (χ0) is 19.9. The number of ether oxygens (including phenoxy) is 1. The highest BCUT2D eigenvalue weighted by Gasteiger charge is 2.24. The lowest BCUT2D eigenvalue weighted by molar-refractivity contribution is 0.166. The number of benzene rings is 1. The van der Waals surface area contributed by atoms with Crippen LogP contribution in [0, 0.1) is 12.8 Å². The van der Waals surface area contributed by atoms with Crippen molar-refractivity contribution in [2.24, 2.45) is 10.9 Å². The molecular weight excluding hydrogens is 318 g/mol. The summed E-state index contributed by atoms with van der Waals surface area (Å²) < 4.78 is 6.48. The van der Waals surface area contributed by atoms with Crippen LogP contribution in [0.15, 0.2) is 17.1 Å². The summed E-state index contributed by atoms with van der Waals surface area (Å²) in [6, 6.07) is 4.78. The summed E-state index contributed by atoms with van der Waals surface area (Å²) in [7, 11) is 0. The zero-order valence-electron chi connectivity index (χ0n) is 18.6. The molecule has 0 aromatic heterocycles. The lowest BCUT2D eigenvalue weighted by Gasteiger charge is -2.28. The molecule has 0 aliphatic heterocycles. The van der Waals surface area contributed by atoms with Gasteiger partial charge in [0.05, 0.1) is 6.10 Å². The number of aryl methyl sites for hydroxylation is 1. The van der Waals surface area contributed by atoms with Crippen LogP contribution in [0.5, 0.6) is 5.75 Å². The van der Waals surface area contributed by atoms with E-state index >= 15 is 0 Å². The van der Waals surface area contributed by atoms with Gasteiger partial charge in [-0.1, -0.05) is 72.9 Å². The fourth-order valence-electron chi connectivity index (χ4n) is 2.86. The van der Waals surface area contributed by atoms with Gasteiger partial charge in [0.1, 0.15) is 5.75 Å². The van der Waals surface area contributed by atoms with Crippen LogP contribution >= 0.6 is 0 Å². The molecule has 0 bridgehead atoms. The van der Waals surface area contributed by atoms with E-state index in [-0.39, 0.29) is 11.5 Å². The number of hydrogen-bond donors (Lipinski definition) is 0. The van der Waals surface area contributed by atoms with Gasteiger partial charge in [-0.15, -0.1) is 0 Å². The lowest BCUT2D eigenvalue weighted by atomic mass is 9.84. The van der Waals surface area contributed by atoms with Gasteiger partial charge in [0.25, 0.3) is 0 Å². The minimum absolute atomic E-state index is 0.0368. The lowest BCUT2D eigenvalue weighted by Crippen LogP contribution is -2.23. The highest BCUT2D eigenvalue weighted by Crippen LogP contribution is 2.36. The van der Waals surface area contributed by atoms with Gasteiger partial charge in [0.15, 0.2) is 0 Å². The highest BCUT2D eigenvalue weighted by atomic mass is 16.5. The minimum Gasteiger partial charge on any atom is -0.489 e. The van der Waals surface area contributed by atoms with Crippen molar-refractivity contribution in [2.45, 2.75) is 106 Å². The summed E-state index contributed by atoms with van der Waals surface area (Å²) in [5.41, 5.74) is 3.67. The molecule has 0 radical (unpaired) electrons. The van der Waals surface area contributed by atoms with Gasteiger partial charge in [0, 0.05) is 23.4 Å². The summed E-state index contributed by atoms with van der Waals surface area (Å²) >= 11 is 0. The Hall–Kier alpha value is -1.31. The standard InChI is InChI=1S/C24H41NO/c1-10-11-12-13-19(5)25-16-21-18(4)14-15-22(24(7,8)9)23(21)26-20(6)17(2)3/h14-17,19-20H,10-13H2,1-9H3. The van der Waals surface area contributed by atoms with Crippen LogP contribution in [0.2, 0.25) is 0 Å². The van der Waals surface area contributed by atoms with Crippen molar-refractivity contribution in [1.29, 1.82) is 0 Å². The Bertz CT molecular complexity index is 581. The van der Waals surface area contributed by atoms with Crippen molar-refractivity contribution in [2.75, 3.05) is 0 Å². The molecule has 0 aliphatic rings. The third kappa shape index (κ3) is 6.78. The molecule has 0 aliphatic carbocycles. The van der Waals surface area contributed by atoms with Crippen LogP contribution < -0.4 is 4.74 Å². The first-order chi connectivity index (χ1) is 12.1. The first-order valence-electron chi connectivity index (χ1n) is 10.4. The van der Waals surface area contributed by atoms with E-state index < -0.39 is 0 Å². The third-order valence-corrected chi connectivity index (χ3v) is 5.15. The molecule has 148 valence electrons. The first kappa shape index (κ1) is 22.7. The molecular formula is C24H41NO. The SMILES string of the molecule is CCCCCC(C)N=Cc1c(C)ccc(C(C)(C)C)c1OC(C)C(C)C. The topological polar surface area (TPSA) is 21.6 Å². The Morgan fingerprint density at radius 3 is 2.27 bits per heavy atom. The van der Waals surface area contributed by atoms with Crippen LogP contribution in [0.1, 0.15) is 97.8 Å². The largest absolute Gasteiger partial charge is 0.489 e. The number of aliphatic imine (C=N–C) groups is 1. The van der Waals surface area contributed by atoms with Crippen molar-refractivity contribution in [3.63, 3.8) is 0 Å². The van der Waals surface area contributed by atoms with E-state index in [1.54, 1.807) is 0 Å². The number of hydrogen-bond acceptors (Lipinski definition) is 2. The van der Waals surface area contributed by atoms with Crippen LogP contribution in [0.3, 0.4) is 0 Å². The maximum absolute atomic E-state index is 6.48. The Kier molecular flexibility index (Phi) is 8.86. The Balaban J connectivity index is 3.23. The molecule has 26 heavy (non-hydrogen) atoms. The van der Waals surface area contributed by atoms with Gasteiger partial charge in [-0.3, -0.25) is 4.99 Å². The average Bonchev–Trinajstić information content (AvgIpc) is 2.53. The minimum atomic E-state index is 0.0368. The summed E-state index contributed by atoms with van der Waals surface area (Å²) in [5.74, 6) is 1.49. The quantitative estimate of drug-likeness (QED) is 0.340. The van der Waals surface area contributed by atoms with Crippen LogP contribution in [-0.4, -0.2) is 18.4 Å². The molecule has 0 spiro atoms. The van der Waals surface area contributed by atoms with Gasteiger partial charge >= 0.3 is 0 Å². The average molecular weight is 360 g/mol. The second-order valence-corrected chi connectivity index (χ2v) is 9.11. The fourth-order valence-corrected chi connectivity index (χ4v) is 2.86. The second-order valence-electron chi connectivity index (χ2n) is 9.11. The summed E-state index contributed by atoms with van der Waals surface area (Å²) in [5, 5.41) is 0. The maximum Gasteiger partial charge on any atom is 0.132 e. The monoisotopic (exact) mass is 359 g/mol. The number of unbranched alkanes of at least 4 members (excludes halogenated alkanes) is 2. The Morgan fingerprint density at radius 2 is 1.73 bits per heavy atom. The van der Waals surface area contributed by atoms with Gasteiger partial charge in [0.2, 0.25) is 0 Å². The van der Waals surface area contributed by atoms with E-state index in [0.717, 1.165) is 17.7 Å². The molecule has 2 atom stereocenters. The predicted octanol–water partition coefficient (Wildman–Crippen LogP) is 7.10. The number of rotatable bonds is 9. The van der Waals surface area contributed by atoms with Gasteiger partial charge < -0.3 is 4.74 Å². The molecule has 1 aromatic carbocycles. The van der Waals surface area contributed by atoms with Crippen molar-refractivity contribution in [3.05, 3.63) is 28.8 Å². The third-order valence-electron chi connectivity index (χ3n) is 5.15. The summed E-state index contributed by atoms with van der Waals surface area (Å²) in [6.45, 7) is 19.9. The molecule has 1 rings (SSSR count).